The number of halogens is 1. The molecule has 37 heavy (non-hydrogen) atoms. The molecule has 0 saturated heterocycles. The maximum absolute atomic E-state index is 13.8. The van der Waals surface area contributed by atoms with Crippen LogP contribution in [0.1, 0.15) is 25.8 Å². The Hall–Kier alpha value is -3.36. The summed E-state index contributed by atoms with van der Waals surface area (Å²) >= 11 is 5.97. The van der Waals surface area contributed by atoms with E-state index in [1.807, 2.05) is 44.2 Å². The molecule has 2 amide bonds. The van der Waals surface area contributed by atoms with Crippen molar-refractivity contribution in [3.8, 4) is 0 Å². The summed E-state index contributed by atoms with van der Waals surface area (Å²) in [6.45, 7) is 3.89. The Morgan fingerprint density at radius 3 is 2.05 bits per heavy atom. The first-order chi connectivity index (χ1) is 17.8. The largest absolute Gasteiger partial charge is 0.355 e. The molecule has 1 unspecified atom stereocenters. The minimum absolute atomic E-state index is 0.0140. The summed E-state index contributed by atoms with van der Waals surface area (Å²) in [7, 11) is -4.10. The smallest absolute Gasteiger partial charge is 0.264 e. The van der Waals surface area contributed by atoms with Gasteiger partial charge in [-0.3, -0.25) is 13.9 Å². The van der Waals surface area contributed by atoms with Gasteiger partial charge in [0, 0.05) is 18.1 Å². The highest BCUT2D eigenvalue weighted by Gasteiger charge is 2.33. The molecule has 0 aliphatic carbocycles. The van der Waals surface area contributed by atoms with E-state index in [2.05, 4.69) is 5.32 Å². The van der Waals surface area contributed by atoms with E-state index in [4.69, 9.17) is 11.6 Å². The molecule has 7 nitrogen and oxygen atoms in total. The van der Waals surface area contributed by atoms with Crippen LogP contribution in [0.5, 0.6) is 0 Å². The molecule has 3 aromatic carbocycles. The van der Waals surface area contributed by atoms with E-state index in [1.54, 1.807) is 30.3 Å². The molecule has 1 atom stereocenters. The quantitative estimate of drug-likeness (QED) is 0.365. The average molecular weight is 542 g/mol. The number of hydrogen-bond donors (Lipinski definition) is 1. The van der Waals surface area contributed by atoms with Crippen LogP contribution in [0.25, 0.3) is 0 Å². The van der Waals surface area contributed by atoms with Gasteiger partial charge in [0.25, 0.3) is 10.0 Å². The number of hydrogen-bond acceptors (Lipinski definition) is 4. The summed E-state index contributed by atoms with van der Waals surface area (Å²) in [4.78, 5) is 28.2. The monoisotopic (exact) mass is 541 g/mol. The second-order valence-corrected chi connectivity index (χ2v) is 10.7. The Morgan fingerprint density at radius 1 is 0.892 bits per heavy atom. The third-order valence-electron chi connectivity index (χ3n) is 5.95. The van der Waals surface area contributed by atoms with E-state index in [0.29, 0.717) is 30.1 Å². The highest BCUT2D eigenvalue weighted by atomic mass is 35.5. The van der Waals surface area contributed by atoms with Gasteiger partial charge in [-0.2, -0.15) is 0 Å². The van der Waals surface area contributed by atoms with Gasteiger partial charge in [0.2, 0.25) is 11.8 Å². The second-order valence-electron chi connectivity index (χ2n) is 8.44. The number of sulfonamides is 1. The lowest BCUT2D eigenvalue weighted by Crippen LogP contribution is -2.53. The van der Waals surface area contributed by atoms with Crippen LogP contribution in [-0.4, -0.2) is 50.8 Å². The van der Waals surface area contributed by atoms with Crippen LogP contribution in [0.2, 0.25) is 5.02 Å². The van der Waals surface area contributed by atoms with Crippen molar-refractivity contribution >= 4 is 39.1 Å². The summed E-state index contributed by atoms with van der Waals surface area (Å²) in [6.07, 6.45) is 0.916. The molecule has 3 rings (SSSR count). The van der Waals surface area contributed by atoms with Crippen molar-refractivity contribution in [3.63, 3.8) is 0 Å². The number of rotatable bonds is 12. The molecule has 0 aliphatic rings. The number of nitrogens with one attached hydrogen (secondary N) is 1. The van der Waals surface area contributed by atoms with Crippen LogP contribution in [-0.2, 0) is 26.0 Å². The number of amides is 2. The molecule has 0 fully saturated rings. The van der Waals surface area contributed by atoms with Crippen molar-refractivity contribution in [2.24, 2.45) is 0 Å². The maximum Gasteiger partial charge on any atom is 0.264 e. The van der Waals surface area contributed by atoms with Crippen LogP contribution in [0.15, 0.2) is 89.8 Å². The molecule has 0 spiro atoms. The minimum atomic E-state index is -4.10. The van der Waals surface area contributed by atoms with Crippen LogP contribution >= 0.6 is 11.6 Å². The summed E-state index contributed by atoms with van der Waals surface area (Å²) < 4.78 is 28.5. The standard InChI is InChI=1S/C28H32ClN3O4S/c1-3-26(28(34)30-4-2)31(20-19-22-11-7-5-8-12-22)27(33)21-32(24-13-9-6-10-14-24)37(35,36)25-17-15-23(29)16-18-25/h5-18,26H,3-4,19-21H2,1-2H3,(H,30,34). The topological polar surface area (TPSA) is 86.8 Å². The minimum Gasteiger partial charge on any atom is -0.355 e. The predicted molar refractivity (Wildman–Crippen MR) is 147 cm³/mol. The molecule has 0 radical (unpaired) electrons. The van der Waals surface area contributed by atoms with Crippen LogP contribution in [0.4, 0.5) is 5.69 Å². The zero-order chi connectivity index (χ0) is 26.8. The number of benzene rings is 3. The van der Waals surface area contributed by atoms with E-state index in [9.17, 15) is 18.0 Å². The molecule has 0 saturated carbocycles. The lowest BCUT2D eigenvalue weighted by Gasteiger charge is -2.33. The molecule has 0 heterocycles. The highest BCUT2D eigenvalue weighted by molar-refractivity contribution is 7.92. The van der Waals surface area contributed by atoms with Gasteiger partial charge in [0.15, 0.2) is 0 Å². The van der Waals surface area contributed by atoms with Crippen molar-refractivity contribution < 1.29 is 18.0 Å². The van der Waals surface area contributed by atoms with E-state index in [0.717, 1.165) is 9.87 Å². The Kier molecular flexibility index (Phi) is 10.1. The van der Waals surface area contributed by atoms with Crippen LogP contribution in [0, 0.1) is 0 Å². The van der Waals surface area contributed by atoms with E-state index < -0.39 is 28.5 Å². The number of likely N-dealkylation sites (N-methyl/N-ethyl adjacent to an activating group) is 1. The zero-order valence-corrected chi connectivity index (χ0v) is 22.6. The van der Waals surface area contributed by atoms with Gasteiger partial charge in [0.1, 0.15) is 12.6 Å². The lowest BCUT2D eigenvalue weighted by atomic mass is 10.1. The van der Waals surface area contributed by atoms with Gasteiger partial charge in [-0.1, -0.05) is 67.1 Å². The molecule has 1 N–H and O–H groups in total. The molecule has 0 bridgehead atoms. The average Bonchev–Trinajstić information content (AvgIpc) is 2.90. The van der Waals surface area contributed by atoms with Gasteiger partial charge in [-0.05, 0) is 61.7 Å². The third-order valence-corrected chi connectivity index (χ3v) is 7.99. The number of nitrogens with zero attached hydrogens (tertiary/aromatic N) is 2. The van der Waals surface area contributed by atoms with E-state index in [-0.39, 0.29) is 17.3 Å². The summed E-state index contributed by atoms with van der Waals surface area (Å²) in [5.74, 6) is -0.728. The third kappa shape index (κ3) is 7.33. The van der Waals surface area contributed by atoms with Gasteiger partial charge in [0.05, 0.1) is 10.6 Å². The fraction of sp³-hybridized carbons (Fsp3) is 0.286. The van der Waals surface area contributed by atoms with Crippen molar-refractivity contribution in [2.75, 3.05) is 23.9 Å². The number of para-hydroxylation sites is 1. The molecule has 0 aromatic heterocycles. The fourth-order valence-electron chi connectivity index (χ4n) is 4.04. The Balaban J connectivity index is 1.97. The van der Waals surface area contributed by atoms with E-state index >= 15 is 0 Å². The summed E-state index contributed by atoms with van der Waals surface area (Å²) in [5, 5.41) is 3.20. The van der Waals surface area contributed by atoms with Crippen molar-refractivity contribution in [1.82, 2.24) is 10.2 Å². The van der Waals surface area contributed by atoms with Gasteiger partial charge < -0.3 is 10.2 Å². The molecule has 0 aliphatic heterocycles. The highest BCUT2D eigenvalue weighted by Crippen LogP contribution is 2.25. The first-order valence-electron chi connectivity index (χ1n) is 12.2. The first-order valence-corrected chi connectivity index (χ1v) is 14.0. The molecular formula is C28H32ClN3O4S. The van der Waals surface area contributed by atoms with Crippen molar-refractivity contribution in [1.29, 1.82) is 0 Å². The van der Waals surface area contributed by atoms with Gasteiger partial charge in [-0.25, -0.2) is 8.42 Å². The Labute approximate surface area is 224 Å². The second kappa shape index (κ2) is 13.3. The van der Waals surface area contributed by atoms with Crippen molar-refractivity contribution in [2.45, 2.75) is 37.6 Å². The molecule has 196 valence electrons. The van der Waals surface area contributed by atoms with Crippen LogP contribution < -0.4 is 9.62 Å². The normalized spacial score (nSPS) is 12.0. The van der Waals surface area contributed by atoms with Crippen LogP contribution in [0.3, 0.4) is 0 Å². The summed E-state index contributed by atoms with van der Waals surface area (Å²) in [5.41, 5.74) is 1.36. The Bertz CT molecular complexity index is 1270. The first kappa shape index (κ1) is 28.2. The van der Waals surface area contributed by atoms with E-state index in [1.165, 1.54) is 29.2 Å². The SMILES string of the molecule is CCNC(=O)C(CC)N(CCc1ccccc1)C(=O)CN(c1ccccc1)S(=O)(=O)c1ccc(Cl)cc1. The lowest BCUT2D eigenvalue weighted by molar-refractivity contribution is -0.139. The fourth-order valence-corrected chi connectivity index (χ4v) is 5.58. The zero-order valence-electron chi connectivity index (χ0n) is 21.0. The van der Waals surface area contributed by atoms with Gasteiger partial charge in [-0.15, -0.1) is 0 Å². The number of anilines is 1. The summed E-state index contributed by atoms with van der Waals surface area (Å²) in [6, 6.07) is 23.2. The number of carbonyl (C=O) groups excluding carboxylic acids is 2. The van der Waals surface area contributed by atoms with Crippen molar-refractivity contribution in [3.05, 3.63) is 95.5 Å². The predicted octanol–water partition coefficient (Wildman–Crippen LogP) is 4.52. The molecule has 3 aromatic rings. The Morgan fingerprint density at radius 2 is 1.49 bits per heavy atom. The molecule has 9 heteroatoms. The number of carbonyl (C=O) groups is 2. The maximum atomic E-state index is 13.8. The molecular weight excluding hydrogens is 510 g/mol. The van der Waals surface area contributed by atoms with Gasteiger partial charge >= 0.3 is 0 Å².